The van der Waals surface area contributed by atoms with Gasteiger partial charge in [0.15, 0.2) is 0 Å². The zero-order valence-corrected chi connectivity index (χ0v) is 13.8. The number of nitrogens with one attached hydrogen (secondary N) is 2. The second kappa shape index (κ2) is 7.18. The summed E-state index contributed by atoms with van der Waals surface area (Å²) in [4.78, 5) is 39.6. The molecule has 0 aliphatic carbocycles. The van der Waals surface area contributed by atoms with Gasteiger partial charge in [0.1, 0.15) is 5.82 Å². The molecule has 0 fully saturated rings. The van der Waals surface area contributed by atoms with Crippen LogP contribution in [0.3, 0.4) is 0 Å². The number of rotatable bonds is 5. The number of Topliss-reactive ketones (excluding diaryl/α,β-unsaturated/α-hetero) is 1. The van der Waals surface area contributed by atoms with E-state index in [1.54, 1.807) is 19.1 Å². The lowest BCUT2D eigenvalue weighted by atomic mass is 10.1. The van der Waals surface area contributed by atoms with Gasteiger partial charge in [-0.25, -0.2) is 9.18 Å². The minimum absolute atomic E-state index is 0.0469. The Kier molecular flexibility index (Phi) is 4.79. The lowest BCUT2D eigenvalue weighted by Crippen LogP contribution is -2.24. The highest BCUT2D eigenvalue weighted by Crippen LogP contribution is 2.21. The quantitative estimate of drug-likeness (QED) is 0.418. The molecule has 0 saturated carbocycles. The largest absolute Gasteiger partial charge is 0.462 e. The van der Waals surface area contributed by atoms with E-state index < -0.39 is 23.5 Å². The second-order valence-electron chi connectivity index (χ2n) is 5.44. The van der Waals surface area contributed by atoms with Crippen molar-refractivity contribution in [1.82, 2.24) is 4.98 Å². The summed E-state index contributed by atoms with van der Waals surface area (Å²) in [5, 5.41) is 2.73. The van der Waals surface area contributed by atoms with Crippen molar-refractivity contribution in [3.8, 4) is 0 Å². The van der Waals surface area contributed by atoms with Crippen molar-refractivity contribution >= 4 is 34.3 Å². The van der Waals surface area contributed by atoms with E-state index in [0.717, 1.165) is 0 Å². The summed E-state index contributed by atoms with van der Waals surface area (Å²) in [6.07, 6.45) is 1.35. The van der Waals surface area contributed by atoms with Gasteiger partial charge in [-0.05, 0) is 37.3 Å². The maximum absolute atomic E-state index is 13.4. The highest BCUT2D eigenvalue weighted by Gasteiger charge is 2.22. The monoisotopic (exact) mass is 354 g/mol. The average molecular weight is 354 g/mol. The molecule has 0 atom stereocenters. The van der Waals surface area contributed by atoms with Crippen LogP contribution in [0.5, 0.6) is 0 Å². The molecule has 0 radical (unpaired) electrons. The fraction of sp³-hybridized carbons (Fsp3) is 0.105. The molecular formula is C19H15FN2O4. The zero-order valence-electron chi connectivity index (χ0n) is 13.8. The van der Waals surface area contributed by atoms with Crippen LogP contribution in [0.15, 0.2) is 48.7 Å². The number of amides is 1. The van der Waals surface area contributed by atoms with E-state index in [-0.39, 0.29) is 23.4 Å². The third-order valence-corrected chi connectivity index (χ3v) is 3.77. The van der Waals surface area contributed by atoms with E-state index in [9.17, 15) is 18.8 Å². The molecular weight excluding hydrogens is 339 g/mol. The number of aromatic amines is 1. The van der Waals surface area contributed by atoms with E-state index >= 15 is 0 Å². The molecule has 0 aliphatic heterocycles. The number of ketones is 1. The number of ether oxygens (including phenoxy) is 1. The van der Waals surface area contributed by atoms with Crippen LogP contribution in [-0.2, 0) is 9.53 Å². The Morgan fingerprint density at radius 3 is 2.65 bits per heavy atom. The summed E-state index contributed by atoms with van der Waals surface area (Å²) >= 11 is 0. The third kappa shape index (κ3) is 3.32. The first-order valence-corrected chi connectivity index (χ1v) is 7.89. The van der Waals surface area contributed by atoms with Crippen molar-refractivity contribution < 1.29 is 23.5 Å². The number of benzene rings is 2. The number of carbonyl (C=O) groups excluding carboxylic acids is 3. The highest BCUT2D eigenvalue weighted by atomic mass is 19.1. The van der Waals surface area contributed by atoms with Crippen LogP contribution in [0.4, 0.5) is 10.1 Å². The Hall–Kier alpha value is -3.48. The second-order valence-corrected chi connectivity index (χ2v) is 5.44. The maximum atomic E-state index is 13.4. The summed E-state index contributed by atoms with van der Waals surface area (Å²) in [6, 6.07) is 10.1. The molecule has 6 nitrogen and oxygen atoms in total. The highest BCUT2D eigenvalue weighted by molar-refractivity contribution is 6.48. The van der Waals surface area contributed by atoms with Crippen molar-refractivity contribution in [3.05, 3.63) is 65.6 Å². The number of H-pyrrole nitrogens is 1. The lowest BCUT2D eigenvalue weighted by Gasteiger charge is -2.09. The summed E-state index contributed by atoms with van der Waals surface area (Å²) in [7, 11) is 0. The van der Waals surface area contributed by atoms with Gasteiger partial charge in [0.2, 0.25) is 0 Å². The first kappa shape index (κ1) is 17.3. The molecule has 3 aromatic rings. The first-order chi connectivity index (χ1) is 12.5. The number of halogens is 1. The van der Waals surface area contributed by atoms with Crippen LogP contribution in [-0.4, -0.2) is 29.3 Å². The van der Waals surface area contributed by atoms with Gasteiger partial charge >= 0.3 is 5.97 Å². The molecule has 0 aliphatic rings. The molecule has 2 N–H and O–H groups in total. The van der Waals surface area contributed by atoms with Crippen LogP contribution in [0.2, 0.25) is 0 Å². The van der Waals surface area contributed by atoms with E-state index in [1.165, 1.54) is 36.5 Å². The Labute approximate surface area is 148 Å². The van der Waals surface area contributed by atoms with Crippen molar-refractivity contribution in [2.75, 3.05) is 11.9 Å². The standard InChI is InChI=1S/C19H15FN2O4/c1-2-26-19(25)12-5-3-4-6-16(12)22-18(24)17(23)14-10-21-15-8-7-11(20)9-13(14)15/h3-10,21H,2H2,1H3,(H,22,24). The Morgan fingerprint density at radius 1 is 1.12 bits per heavy atom. The van der Waals surface area contributed by atoms with Gasteiger partial charge in [-0.3, -0.25) is 9.59 Å². The van der Waals surface area contributed by atoms with Crippen molar-refractivity contribution in [2.24, 2.45) is 0 Å². The zero-order chi connectivity index (χ0) is 18.7. The maximum Gasteiger partial charge on any atom is 0.340 e. The number of para-hydroxylation sites is 1. The Bertz CT molecular complexity index is 1010. The lowest BCUT2D eigenvalue weighted by molar-refractivity contribution is -0.112. The molecule has 3 rings (SSSR count). The normalized spacial score (nSPS) is 10.5. The molecule has 132 valence electrons. The van der Waals surface area contributed by atoms with Crippen LogP contribution >= 0.6 is 0 Å². The fourth-order valence-corrected chi connectivity index (χ4v) is 2.56. The molecule has 1 amide bonds. The number of carbonyl (C=O) groups is 3. The minimum atomic E-state index is -0.938. The first-order valence-electron chi connectivity index (χ1n) is 7.89. The molecule has 7 heteroatoms. The van der Waals surface area contributed by atoms with Gasteiger partial charge < -0.3 is 15.0 Å². The number of aromatic nitrogens is 1. The molecule has 0 unspecified atom stereocenters. The third-order valence-electron chi connectivity index (χ3n) is 3.77. The summed E-state index contributed by atoms with van der Waals surface area (Å²) in [5.41, 5.74) is 0.885. The molecule has 0 spiro atoms. The predicted molar refractivity (Wildman–Crippen MR) is 93.6 cm³/mol. The smallest absolute Gasteiger partial charge is 0.340 e. The SMILES string of the molecule is CCOC(=O)c1ccccc1NC(=O)C(=O)c1c[nH]c2ccc(F)cc12. The molecule has 1 heterocycles. The molecule has 0 saturated heterocycles. The summed E-state index contributed by atoms with van der Waals surface area (Å²) in [5.74, 6) is -2.91. The molecule has 26 heavy (non-hydrogen) atoms. The van der Waals surface area contributed by atoms with Gasteiger partial charge in [-0.2, -0.15) is 0 Å². The van der Waals surface area contributed by atoms with Gasteiger partial charge in [0, 0.05) is 17.1 Å². The van der Waals surface area contributed by atoms with E-state index in [0.29, 0.717) is 10.9 Å². The number of anilines is 1. The molecule has 0 bridgehead atoms. The number of fused-ring (bicyclic) bond motifs is 1. The van der Waals surface area contributed by atoms with Gasteiger partial charge in [-0.1, -0.05) is 12.1 Å². The Balaban J connectivity index is 1.87. The van der Waals surface area contributed by atoms with Gasteiger partial charge in [0.25, 0.3) is 11.7 Å². The van der Waals surface area contributed by atoms with Crippen LogP contribution in [0, 0.1) is 5.82 Å². The number of hydrogen-bond acceptors (Lipinski definition) is 4. The summed E-state index contributed by atoms with van der Waals surface area (Å²) in [6.45, 7) is 1.85. The summed E-state index contributed by atoms with van der Waals surface area (Å²) < 4.78 is 18.4. The van der Waals surface area contributed by atoms with Crippen LogP contribution < -0.4 is 5.32 Å². The van der Waals surface area contributed by atoms with Gasteiger partial charge in [-0.15, -0.1) is 0 Å². The molecule has 1 aromatic heterocycles. The van der Waals surface area contributed by atoms with Crippen molar-refractivity contribution in [2.45, 2.75) is 6.92 Å². The topological polar surface area (TPSA) is 88.3 Å². The number of esters is 1. The fourth-order valence-electron chi connectivity index (χ4n) is 2.56. The van der Waals surface area contributed by atoms with Gasteiger partial charge in [0.05, 0.1) is 23.4 Å². The van der Waals surface area contributed by atoms with Crippen molar-refractivity contribution in [1.29, 1.82) is 0 Å². The van der Waals surface area contributed by atoms with E-state index in [4.69, 9.17) is 4.74 Å². The predicted octanol–water partition coefficient (Wildman–Crippen LogP) is 3.31. The molecule has 2 aromatic carbocycles. The average Bonchev–Trinajstić information content (AvgIpc) is 3.04. The Morgan fingerprint density at radius 2 is 1.88 bits per heavy atom. The minimum Gasteiger partial charge on any atom is -0.462 e. The van der Waals surface area contributed by atoms with Crippen LogP contribution in [0.25, 0.3) is 10.9 Å². The van der Waals surface area contributed by atoms with Crippen LogP contribution in [0.1, 0.15) is 27.6 Å². The number of hydrogen-bond donors (Lipinski definition) is 2. The van der Waals surface area contributed by atoms with Crippen molar-refractivity contribution in [3.63, 3.8) is 0 Å². The van der Waals surface area contributed by atoms with E-state index in [2.05, 4.69) is 10.3 Å². The van der Waals surface area contributed by atoms with E-state index in [1.807, 2.05) is 0 Å².